The molecule has 3 rings (SSSR count). The molecule has 1 heterocycles. The first-order valence-electron chi connectivity index (χ1n) is 9.16. The molecule has 1 saturated heterocycles. The highest BCUT2D eigenvalue weighted by molar-refractivity contribution is 9.10. The van der Waals surface area contributed by atoms with Gasteiger partial charge in [0.15, 0.2) is 0 Å². The van der Waals surface area contributed by atoms with Gasteiger partial charge in [0.05, 0.1) is 6.10 Å². The molecule has 0 radical (unpaired) electrons. The molecule has 0 N–H and O–H groups in total. The zero-order valence-electron chi connectivity index (χ0n) is 15.5. The molecule has 2 aromatic carbocycles. The van der Waals surface area contributed by atoms with Crippen LogP contribution in [0.25, 0.3) is 0 Å². The summed E-state index contributed by atoms with van der Waals surface area (Å²) in [6.45, 7) is 10.3. The number of nitrogens with zero attached hydrogens (tertiary/aromatic N) is 1. The highest BCUT2D eigenvalue weighted by Crippen LogP contribution is 2.23. The zero-order chi connectivity index (χ0) is 17.8. The summed E-state index contributed by atoms with van der Waals surface area (Å²) >= 11 is 3.74. The van der Waals surface area contributed by atoms with Crippen molar-refractivity contribution in [2.45, 2.75) is 52.8 Å². The van der Waals surface area contributed by atoms with Crippen molar-refractivity contribution in [2.75, 3.05) is 13.2 Å². The highest BCUT2D eigenvalue weighted by atomic mass is 79.9. The second-order valence-electron chi connectivity index (χ2n) is 7.33. The Bertz CT molecular complexity index is 668. The van der Waals surface area contributed by atoms with Crippen molar-refractivity contribution >= 4 is 15.9 Å². The third kappa shape index (κ3) is 5.16. The number of benzene rings is 2. The first-order chi connectivity index (χ1) is 12.0. The van der Waals surface area contributed by atoms with Crippen LogP contribution in [-0.2, 0) is 17.8 Å². The molecule has 25 heavy (non-hydrogen) atoms. The van der Waals surface area contributed by atoms with Gasteiger partial charge in [-0.05, 0) is 61.9 Å². The van der Waals surface area contributed by atoms with E-state index < -0.39 is 0 Å². The minimum absolute atomic E-state index is 0.370. The van der Waals surface area contributed by atoms with Gasteiger partial charge in [0.25, 0.3) is 0 Å². The van der Waals surface area contributed by atoms with Gasteiger partial charge < -0.3 is 4.74 Å². The molecule has 0 aromatic heterocycles. The lowest BCUT2D eigenvalue weighted by Crippen LogP contribution is -2.31. The molecule has 0 bridgehead atoms. The summed E-state index contributed by atoms with van der Waals surface area (Å²) in [6.07, 6.45) is 2.74. The summed E-state index contributed by atoms with van der Waals surface area (Å²) < 4.78 is 7.10. The van der Waals surface area contributed by atoms with Gasteiger partial charge in [0, 0.05) is 30.7 Å². The molecule has 0 spiro atoms. The van der Waals surface area contributed by atoms with Crippen molar-refractivity contribution in [3.63, 3.8) is 0 Å². The van der Waals surface area contributed by atoms with Crippen LogP contribution < -0.4 is 0 Å². The van der Waals surface area contributed by atoms with Crippen molar-refractivity contribution in [1.29, 1.82) is 0 Å². The summed E-state index contributed by atoms with van der Waals surface area (Å²) in [4.78, 5) is 2.53. The van der Waals surface area contributed by atoms with Crippen LogP contribution >= 0.6 is 15.9 Å². The molecular weight excluding hydrogens is 374 g/mol. The van der Waals surface area contributed by atoms with Gasteiger partial charge in [-0.2, -0.15) is 0 Å². The van der Waals surface area contributed by atoms with Crippen LogP contribution in [0.15, 0.2) is 40.9 Å². The Hall–Kier alpha value is -1.16. The fourth-order valence-electron chi connectivity index (χ4n) is 3.55. The SMILES string of the molecule is Cc1ccc(CN(Cc2ccc(C)cc2Br)CC2CCCO2)c(C)c1. The summed E-state index contributed by atoms with van der Waals surface area (Å²) in [5.41, 5.74) is 6.74. The van der Waals surface area contributed by atoms with Crippen molar-refractivity contribution in [2.24, 2.45) is 0 Å². The third-order valence-corrected chi connectivity index (χ3v) is 5.72. The lowest BCUT2D eigenvalue weighted by Gasteiger charge is -2.26. The molecular formula is C22H28BrNO. The van der Waals surface area contributed by atoms with E-state index in [0.717, 1.165) is 26.2 Å². The maximum absolute atomic E-state index is 5.90. The van der Waals surface area contributed by atoms with Crippen LogP contribution in [-0.4, -0.2) is 24.2 Å². The van der Waals surface area contributed by atoms with E-state index in [2.05, 4.69) is 78.0 Å². The molecule has 1 unspecified atom stereocenters. The van der Waals surface area contributed by atoms with Gasteiger partial charge in [0.1, 0.15) is 0 Å². The quantitative estimate of drug-likeness (QED) is 0.628. The largest absolute Gasteiger partial charge is 0.377 e. The van der Waals surface area contributed by atoms with E-state index in [9.17, 15) is 0 Å². The average molecular weight is 402 g/mol. The second kappa shape index (κ2) is 8.48. The molecule has 1 atom stereocenters. The van der Waals surface area contributed by atoms with Crippen LogP contribution in [0.5, 0.6) is 0 Å². The van der Waals surface area contributed by atoms with E-state index in [1.165, 1.54) is 45.1 Å². The van der Waals surface area contributed by atoms with E-state index in [0.29, 0.717) is 6.10 Å². The molecule has 2 aromatic rings. The molecule has 134 valence electrons. The lowest BCUT2D eigenvalue weighted by atomic mass is 10.0. The van der Waals surface area contributed by atoms with Gasteiger partial charge in [-0.25, -0.2) is 0 Å². The first-order valence-corrected chi connectivity index (χ1v) is 9.95. The van der Waals surface area contributed by atoms with Gasteiger partial charge >= 0.3 is 0 Å². The molecule has 3 heteroatoms. The maximum Gasteiger partial charge on any atom is 0.0703 e. The van der Waals surface area contributed by atoms with Gasteiger partial charge in [-0.1, -0.05) is 51.8 Å². The van der Waals surface area contributed by atoms with Crippen LogP contribution in [0.1, 0.15) is 40.7 Å². The topological polar surface area (TPSA) is 12.5 Å². The lowest BCUT2D eigenvalue weighted by molar-refractivity contribution is 0.0677. The molecule has 0 aliphatic carbocycles. The Morgan fingerprint density at radius 1 is 1.00 bits per heavy atom. The molecule has 1 aliphatic heterocycles. The summed E-state index contributed by atoms with van der Waals surface area (Å²) in [7, 11) is 0. The number of rotatable bonds is 6. The number of ether oxygens (including phenoxy) is 1. The second-order valence-corrected chi connectivity index (χ2v) is 8.18. The maximum atomic E-state index is 5.90. The summed E-state index contributed by atoms with van der Waals surface area (Å²) in [6, 6.07) is 13.4. The number of aryl methyl sites for hydroxylation is 3. The number of halogens is 1. The normalized spacial score (nSPS) is 17.4. The molecule has 1 fully saturated rings. The minimum atomic E-state index is 0.370. The Balaban J connectivity index is 1.78. The van der Waals surface area contributed by atoms with Crippen molar-refractivity contribution < 1.29 is 4.74 Å². The van der Waals surface area contributed by atoms with E-state index in [1.807, 2.05) is 0 Å². The van der Waals surface area contributed by atoms with Crippen LogP contribution in [0.2, 0.25) is 0 Å². The standard InChI is InChI=1S/C22H28BrNO/c1-16-6-8-19(18(3)11-16)13-24(15-21-5-4-10-25-21)14-20-9-7-17(2)12-22(20)23/h6-9,11-12,21H,4-5,10,13-15H2,1-3H3. The Labute approximate surface area is 160 Å². The summed E-state index contributed by atoms with van der Waals surface area (Å²) in [5.74, 6) is 0. The Morgan fingerprint density at radius 2 is 1.68 bits per heavy atom. The first kappa shape index (κ1) is 18.6. The van der Waals surface area contributed by atoms with Crippen LogP contribution in [0.4, 0.5) is 0 Å². The van der Waals surface area contributed by atoms with Crippen LogP contribution in [0, 0.1) is 20.8 Å². The Morgan fingerprint density at radius 3 is 2.32 bits per heavy atom. The number of hydrogen-bond donors (Lipinski definition) is 0. The fraction of sp³-hybridized carbons (Fsp3) is 0.455. The highest BCUT2D eigenvalue weighted by Gasteiger charge is 2.20. The van der Waals surface area contributed by atoms with Gasteiger partial charge in [-0.3, -0.25) is 4.90 Å². The molecule has 2 nitrogen and oxygen atoms in total. The smallest absolute Gasteiger partial charge is 0.0703 e. The summed E-state index contributed by atoms with van der Waals surface area (Å²) in [5, 5.41) is 0. The predicted molar refractivity (Wildman–Crippen MR) is 108 cm³/mol. The van der Waals surface area contributed by atoms with E-state index >= 15 is 0 Å². The molecule has 1 aliphatic rings. The Kier molecular flexibility index (Phi) is 6.32. The number of hydrogen-bond acceptors (Lipinski definition) is 2. The average Bonchev–Trinajstić information content (AvgIpc) is 3.05. The van der Waals surface area contributed by atoms with Gasteiger partial charge in [0.2, 0.25) is 0 Å². The molecule has 0 amide bonds. The van der Waals surface area contributed by atoms with Crippen LogP contribution in [0.3, 0.4) is 0 Å². The molecule has 0 saturated carbocycles. The van der Waals surface area contributed by atoms with Gasteiger partial charge in [-0.15, -0.1) is 0 Å². The van der Waals surface area contributed by atoms with E-state index in [1.54, 1.807) is 0 Å². The zero-order valence-corrected chi connectivity index (χ0v) is 17.1. The fourth-order valence-corrected chi connectivity index (χ4v) is 4.17. The monoisotopic (exact) mass is 401 g/mol. The third-order valence-electron chi connectivity index (χ3n) is 4.98. The van der Waals surface area contributed by atoms with Crippen molar-refractivity contribution in [3.05, 3.63) is 68.7 Å². The van der Waals surface area contributed by atoms with E-state index in [4.69, 9.17) is 4.74 Å². The minimum Gasteiger partial charge on any atom is -0.377 e. The predicted octanol–water partition coefficient (Wildman–Crippen LogP) is 5.56. The van der Waals surface area contributed by atoms with E-state index in [-0.39, 0.29) is 0 Å². The van der Waals surface area contributed by atoms with Crippen molar-refractivity contribution in [3.8, 4) is 0 Å². The van der Waals surface area contributed by atoms with Crippen molar-refractivity contribution in [1.82, 2.24) is 4.90 Å².